The first-order valence-electron chi connectivity index (χ1n) is 6.29. The van der Waals surface area contributed by atoms with Gasteiger partial charge in [-0.15, -0.1) is 0 Å². The second kappa shape index (κ2) is 7.00. The third-order valence-electron chi connectivity index (χ3n) is 2.96. The van der Waals surface area contributed by atoms with Crippen LogP contribution in [0.4, 0.5) is 0 Å². The van der Waals surface area contributed by atoms with Crippen molar-refractivity contribution in [2.24, 2.45) is 0 Å². The van der Waals surface area contributed by atoms with Crippen molar-refractivity contribution < 1.29 is 19.0 Å². The summed E-state index contributed by atoms with van der Waals surface area (Å²) in [4.78, 5) is 15.7. The zero-order valence-electron chi connectivity index (χ0n) is 12.4. The molecule has 0 aliphatic carbocycles. The fourth-order valence-electron chi connectivity index (χ4n) is 1.86. The highest BCUT2D eigenvalue weighted by atomic mass is 32.2. The summed E-state index contributed by atoms with van der Waals surface area (Å²) < 4.78 is 15.1. The van der Waals surface area contributed by atoms with E-state index >= 15 is 0 Å². The van der Waals surface area contributed by atoms with Gasteiger partial charge in [0.05, 0.1) is 38.2 Å². The molecule has 0 aliphatic heterocycles. The quantitative estimate of drug-likeness (QED) is 0.618. The molecule has 0 spiro atoms. The minimum Gasteiger partial charge on any atom is -0.493 e. The number of methoxy groups -OCH3 is 3. The third-order valence-corrected chi connectivity index (χ3v) is 3.92. The molecule has 114 valence electrons. The van der Waals surface area contributed by atoms with Crippen molar-refractivity contribution in [2.45, 2.75) is 5.03 Å². The van der Waals surface area contributed by atoms with Crippen LogP contribution in [0.2, 0.25) is 0 Å². The van der Waals surface area contributed by atoms with Crippen molar-refractivity contribution >= 4 is 28.6 Å². The summed E-state index contributed by atoms with van der Waals surface area (Å²) in [6.45, 7) is 0. The monoisotopic (exact) mass is 318 g/mol. The van der Waals surface area contributed by atoms with Crippen molar-refractivity contribution in [1.29, 1.82) is 5.26 Å². The van der Waals surface area contributed by atoms with Gasteiger partial charge >= 0.3 is 5.97 Å². The number of hydrogen-bond donors (Lipinski definition) is 0. The molecule has 0 saturated carbocycles. The van der Waals surface area contributed by atoms with Gasteiger partial charge < -0.3 is 14.2 Å². The highest BCUT2D eigenvalue weighted by molar-refractivity contribution is 7.99. The number of pyridine rings is 1. The summed E-state index contributed by atoms with van der Waals surface area (Å²) >= 11 is 1.16. The van der Waals surface area contributed by atoms with E-state index in [1.807, 2.05) is 0 Å². The maximum absolute atomic E-state index is 11.2. The standard InChI is InChI=1S/C15H14N2O4S/c1-19-12-5-9-4-10(7-16)15(22-8-14(18)21-3)17-11(9)6-13(12)20-2/h4-6H,8H2,1-3H3. The number of benzene rings is 1. The van der Waals surface area contributed by atoms with Crippen LogP contribution in [-0.4, -0.2) is 38.0 Å². The lowest BCUT2D eigenvalue weighted by molar-refractivity contribution is -0.137. The number of esters is 1. The molecule has 2 rings (SSSR count). The van der Waals surface area contributed by atoms with E-state index < -0.39 is 0 Å². The second-order valence-corrected chi connectivity index (χ2v) is 5.18. The van der Waals surface area contributed by atoms with Gasteiger partial charge in [-0.1, -0.05) is 11.8 Å². The van der Waals surface area contributed by atoms with E-state index in [-0.39, 0.29) is 11.7 Å². The van der Waals surface area contributed by atoms with E-state index in [0.717, 1.165) is 17.1 Å². The molecule has 0 aliphatic rings. The Morgan fingerprint density at radius 2 is 1.91 bits per heavy atom. The van der Waals surface area contributed by atoms with Gasteiger partial charge in [-0.05, 0) is 12.1 Å². The molecule has 22 heavy (non-hydrogen) atoms. The van der Waals surface area contributed by atoms with E-state index in [2.05, 4.69) is 15.8 Å². The lowest BCUT2D eigenvalue weighted by atomic mass is 10.1. The molecule has 0 amide bonds. The SMILES string of the molecule is COC(=O)CSc1nc2cc(OC)c(OC)cc2cc1C#N. The fraction of sp³-hybridized carbons (Fsp3) is 0.267. The second-order valence-electron chi connectivity index (χ2n) is 4.22. The number of hydrogen-bond acceptors (Lipinski definition) is 7. The van der Waals surface area contributed by atoms with Gasteiger partial charge in [-0.25, -0.2) is 4.98 Å². The zero-order chi connectivity index (χ0) is 16.1. The summed E-state index contributed by atoms with van der Waals surface area (Å²) in [6, 6.07) is 7.29. The first kappa shape index (κ1) is 15.9. The first-order chi connectivity index (χ1) is 10.6. The molecule has 1 aromatic carbocycles. The van der Waals surface area contributed by atoms with Crippen LogP contribution in [-0.2, 0) is 9.53 Å². The molecular formula is C15H14N2O4S. The van der Waals surface area contributed by atoms with E-state index in [0.29, 0.717) is 27.6 Å². The molecule has 0 fully saturated rings. The lowest BCUT2D eigenvalue weighted by Gasteiger charge is -2.10. The Morgan fingerprint density at radius 3 is 2.50 bits per heavy atom. The molecule has 6 nitrogen and oxygen atoms in total. The molecule has 1 aromatic heterocycles. The Bertz CT molecular complexity index is 755. The molecule has 7 heteroatoms. The molecule has 0 unspecified atom stereocenters. The molecule has 0 saturated heterocycles. The van der Waals surface area contributed by atoms with Gasteiger partial charge in [-0.3, -0.25) is 4.79 Å². The van der Waals surface area contributed by atoms with Crippen LogP contribution >= 0.6 is 11.8 Å². The molecule has 2 aromatic rings. The van der Waals surface area contributed by atoms with Crippen LogP contribution in [0.25, 0.3) is 10.9 Å². The van der Waals surface area contributed by atoms with Crippen molar-refractivity contribution in [1.82, 2.24) is 4.98 Å². The van der Waals surface area contributed by atoms with Crippen molar-refractivity contribution in [2.75, 3.05) is 27.1 Å². The topological polar surface area (TPSA) is 81.4 Å². The number of fused-ring (bicyclic) bond motifs is 1. The number of thioether (sulfide) groups is 1. The average molecular weight is 318 g/mol. The van der Waals surface area contributed by atoms with Crippen molar-refractivity contribution in [3.05, 3.63) is 23.8 Å². The van der Waals surface area contributed by atoms with E-state index in [1.54, 1.807) is 32.4 Å². The minimum absolute atomic E-state index is 0.0942. The minimum atomic E-state index is -0.372. The van der Waals surface area contributed by atoms with E-state index in [9.17, 15) is 10.1 Å². The Kier molecular flexibility index (Phi) is 5.07. The number of nitriles is 1. The summed E-state index contributed by atoms with van der Waals surface area (Å²) in [5.74, 6) is 0.839. The Hall–Kier alpha value is -2.46. The zero-order valence-corrected chi connectivity index (χ0v) is 13.2. The largest absolute Gasteiger partial charge is 0.493 e. The smallest absolute Gasteiger partial charge is 0.316 e. The number of carbonyl (C=O) groups is 1. The predicted molar refractivity (Wildman–Crippen MR) is 82.3 cm³/mol. The maximum atomic E-state index is 11.2. The highest BCUT2D eigenvalue weighted by Gasteiger charge is 2.13. The Balaban J connectivity index is 2.49. The molecule has 0 N–H and O–H groups in total. The number of ether oxygens (including phenoxy) is 3. The Labute approximate surface area is 132 Å². The van der Waals surface area contributed by atoms with Gasteiger partial charge in [0.1, 0.15) is 11.1 Å². The van der Waals surface area contributed by atoms with Gasteiger partial charge in [0.25, 0.3) is 0 Å². The summed E-state index contributed by atoms with van der Waals surface area (Å²) in [5, 5.41) is 10.5. The van der Waals surface area contributed by atoms with Crippen LogP contribution in [0, 0.1) is 11.3 Å². The average Bonchev–Trinajstić information content (AvgIpc) is 2.57. The third kappa shape index (κ3) is 3.23. The highest BCUT2D eigenvalue weighted by Crippen LogP contribution is 2.33. The van der Waals surface area contributed by atoms with Crippen LogP contribution in [0.3, 0.4) is 0 Å². The molecule has 0 atom stereocenters. The number of aromatic nitrogens is 1. The van der Waals surface area contributed by atoms with Gasteiger partial charge in [0.2, 0.25) is 0 Å². The van der Waals surface area contributed by atoms with Gasteiger partial charge in [0.15, 0.2) is 11.5 Å². The van der Waals surface area contributed by atoms with Crippen LogP contribution in [0.1, 0.15) is 5.56 Å². The van der Waals surface area contributed by atoms with Gasteiger partial charge in [-0.2, -0.15) is 5.26 Å². The maximum Gasteiger partial charge on any atom is 0.316 e. The van der Waals surface area contributed by atoms with E-state index in [1.165, 1.54) is 7.11 Å². The first-order valence-corrected chi connectivity index (χ1v) is 7.28. The Morgan fingerprint density at radius 1 is 1.23 bits per heavy atom. The van der Waals surface area contributed by atoms with E-state index in [4.69, 9.17) is 9.47 Å². The number of nitrogens with zero attached hydrogens (tertiary/aromatic N) is 2. The van der Waals surface area contributed by atoms with Crippen LogP contribution in [0.5, 0.6) is 11.5 Å². The van der Waals surface area contributed by atoms with Crippen LogP contribution in [0.15, 0.2) is 23.2 Å². The molecule has 0 bridgehead atoms. The van der Waals surface area contributed by atoms with Gasteiger partial charge in [0, 0.05) is 11.5 Å². The van der Waals surface area contributed by atoms with Crippen LogP contribution < -0.4 is 9.47 Å². The molecular weight excluding hydrogens is 304 g/mol. The molecule has 0 radical (unpaired) electrons. The number of rotatable bonds is 5. The lowest BCUT2D eigenvalue weighted by Crippen LogP contribution is -2.04. The summed E-state index contributed by atoms with van der Waals surface area (Å²) in [7, 11) is 4.40. The summed E-state index contributed by atoms with van der Waals surface area (Å²) in [5.41, 5.74) is 1.05. The number of carbonyl (C=O) groups excluding carboxylic acids is 1. The molecule has 1 heterocycles. The van der Waals surface area contributed by atoms with Crippen molar-refractivity contribution in [3.63, 3.8) is 0 Å². The normalized spacial score (nSPS) is 10.1. The van der Waals surface area contributed by atoms with Crippen molar-refractivity contribution in [3.8, 4) is 17.6 Å². The predicted octanol–water partition coefficient (Wildman–Crippen LogP) is 2.39. The summed E-state index contributed by atoms with van der Waals surface area (Å²) in [6.07, 6.45) is 0. The fourth-order valence-corrected chi connectivity index (χ4v) is 2.65.